The monoisotopic (exact) mass is 199 g/mol. The second-order valence-electron chi connectivity index (χ2n) is 3.41. The maximum Gasteiger partial charge on any atom is 0.163 e. The largest absolute Gasteiger partial charge is 0.392 e. The molecule has 3 heterocycles. The van der Waals surface area contributed by atoms with Gasteiger partial charge in [0.1, 0.15) is 5.52 Å². The van der Waals surface area contributed by atoms with E-state index < -0.39 is 0 Å². The maximum absolute atomic E-state index is 9.00. The van der Waals surface area contributed by atoms with Crippen LogP contribution in [-0.2, 0) is 6.61 Å². The summed E-state index contributed by atoms with van der Waals surface area (Å²) in [6.07, 6.45) is 5.42. The molecule has 0 bridgehead atoms. The Hall–Kier alpha value is -1.94. The molecule has 0 unspecified atom stereocenters. The van der Waals surface area contributed by atoms with Crippen LogP contribution in [0.2, 0.25) is 0 Å². The molecule has 3 aromatic heterocycles. The van der Waals surface area contributed by atoms with Crippen molar-refractivity contribution in [2.45, 2.75) is 6.61 Å². The van der Waals surface area contributed by atoms with Crippen molar-refractivity contribution in [3.8, 4) is 0 Å². The van der Waals surface area contributed by atoms with Gasteiger partial charge in [-0.15, -0.1) is 0 Å². The highest BCUT2D eigenvalue weighted by Gasteiger charge is 2.02. The third kappa shape index (κ3) is 1.19. The van der Waals surface area contributed by atoms with Crippen LogP contribution in [0.3, 0.4) is 0 Å². The van der Waals surface area contributed by atoms with E-state index in [9.17, 15) is 0 Å². The lowest BCUT2D eigenvalue weighted by Gasteiger charge is -2.02. The van der Waals surface area contributed by atoms with Gasteiger partial charge in [-0.25, -0.2) is 4.98 Å². The van der Waals surface area contributed by atoms with E-state index >= 15 is 0 Å². The van der Waals surface area contributed by atoms with Gasteiger partial charge < -0.3 is 5.11 Å². The Kier molecular flexibility index (Phi) is 1.69. The van der Waals surface area contributed by atoms with Crippen molar-refractivity contribution in [3.63, 3.8) is 0 Å². The first kappa shape index (κ1) is 8.38. The first-order valence-corrected chi connectivity index (χ1v) is 4.70. The van der Waals surface area contributed by atoms with Crippen molar-refractivity contribution in [1.29, 1.82) is 0 Å². The van der Waals surface area contributed by atoms with Crippen molar-refractivity contribution in [2.75, 3.05) is 0 Å². The molecule has 0 aliphatic carbocycles. The summed E-state index contributed by atoms with van der Waals surface area (Å²) in [6, 6.07) is 5.79. The van der Waals surface area contributed by atoms with Crippen LogP contribution in [0.25, 0.3) is 16.7 Å². The van der Waals surface area contributed by atoms with Crippen LogP contribution in [0, 0.1) is 0 Å². The summed E-state index contributed by atoms with van der Waals surface area (Å²) in [5, 5.41) is 9.00. The van der Waals surface area contributed by atoms with Gasteiger partial charge in [-0.3, -0.25) is 9.38 Å². The van der Waals surface area contributed by atoms with Gasteiger partial charge in [0.15, 0.2) is 5.65 Å². The van der Waals surface area contributed by atoms with Gasteiger partial charge in [-0.1, -0.05) is 0 Å². The number of rotatable bonds is 1. The lowest BCUT2D eigenvalue weighted by atomic mass is 10.3. The van der Waals surface area contributed by atoms with E-state index in [1.165, 1.54) is 0 Å². The van der Waals surface area contributed by atoms with E-state index in [4.69, 9.17) is 5.11 Å². The third-order valence-corrected chi connectivity index (χ3v) is 2.43. The average Bonchev–Trinajstić information content (AvgIpc) is 2.76. The Balaban J connectivity index is 2.44. The van der Waals surface area contributed by atoms with Crippen molar-refractivity contribution >= 4 is 16.7 Å². The van der Waals surface area contributed by atoms with E-state index in [0.29, 0.717) is 0 Å². The molecule has 0 saturated carbocycles. The standard InChI is InChI=1S/C11H9N3O/c15-7-8-4-10-11(13-5-8)14-3-1-2-9(14)6-12-10/h1-6,15H,7H2. The highest BCUT2D eigenvalue weighted by atomic mass is 16.3. The van der Waals surface area contributed by atoms with Crippen LogP contribution in [0.1, 0.15) is 5.56 Å². The second-order valence-corrected chi connectivity index (χ2v) is 3.41. The van der Waals surface area contributed by atoms with Crippen LogP contribution in [0.5, 0.6) is 0 Å². The lowest BCUT2D eigenvalue weighted by molar-refractivity contribution is 0.281. The minimum Gasteiger partial charge on any atom is -0.392 e. The van der Waals surface area contributed by atoms with Gasteiger partial charge in [-0.2, -0.15) is 0 Å². The highest BCUT2D eigenvalue weighted by Crippen LogP contribution is 2.14. The molecule has 4 heteroatoms. The van der Waals surface area contributed by atoms with Gasteiger partial charge in [0.2, 0.25) is 0 Å². The fraction of sp³-hybridized carbons (Fsp3) is 0.0909. The van der Waals surface area contributed by atoms with Crippen molar-refractivity contribution in [3.05, 3.63) is 42.4 Å². The van der Waals surface area contributed by atoms with E-state index in [0.717, 1.165) is 22.2 Å². The molecular formula is C11H9N3O. The first-order valence-electron chi connectivity index (χ1n) is 4.70. The Morgan fingerprint density at radius 3 is 3.07 bits per heavy atom. The van der Waals surface area contributed by atoms with Crippen LogP contribution in [0.15, 0.2) is 36.8 Å². The molecule has 0 saturated heterocycles. The molecule has 74 valence electrons. The summed E-state index contributed by atoms with van der Waals surface area (Å²) in [4.78, 5) is 8.59. The molecule has 0 radical (unpaired) electrons. The van der Waals surface area contributed by atoms with Gasteiger partial charge in [0, 0.05) is 12.4 Å². The SMILES string of the molecule is OCc1cnc2c(c1)ncc1cccn12. The zero-order valence-corrected chi connectivity index (χ0v) is 7.96. The Bertz CT molecular complexity index is 630. The molecule has 0 spiro atoms. The summed E-state index contributed by atoms with van der Waals surface area (Å²) in [5.74, 6) is 0. The fourth-order valence-corrected chi connectivity index (χ4v) is 1.68. The van der Waals surface area contributed by atoms with Crippen molar-refractivity contribution in [1.82, 2.24) is 14.4 Å². The number of hydrogen-bond donors (Lipinski definition) is 1. The Morgan fingerprint density at radius 1 is 1.27 bits per heavy atom. The Morgan fingerprint density at radius 2 is 2.20 bits per heavy atom. The quantitative estimate of drug-likeness (QED) is 0.644. The molecule has 0 aliphatic rings. The van der Waals surface area contributed by atoms with Crippen LogP contribution < -0.4 is 0 Å². The molecule has 3 aromatic rings. The highest BCUT2D eigenvalue weighted by molar-refractivity contribution is 5.74. The smallest absolute Gasteiger partial charge is 0.163 e. The number of aliphatic hydroxyl groups excluding tert-OH is 1. The van der Waals surface area contributed by atoms with E-state index in [-0.39, 0.29) is 6.61 Å². The lowest BCUT2D eigenvalue weighted by Crippen LogP contribution is -1.94. The molecule has 1 N–H and O–H groups in total. The summed E-state index contributed by atoms with van der Waals surface area (Å²) in [6.45, 7) is -0.00562. The van der Waals surface area contributed by atoms with Crippen molar-refractivity contribution < 1.29 is 5.11 Å². The van der Waals surface area contributed by atoms with Crippen LogP contribution in [0.4, 0.5) is 0 Å². The summed E-state index contributed by atoms with van der Waals surface area (Å²) in [5.41, 5.74) is 3.41. The van der Waals surface area contributed by atoms with E-state index in [2.05, 4.69) is 9.97 Å². The molecule has 0 fully saturated rings. The Labute approximate surface area is 85.8 Å². The molecule has 15 heavy (non-hydrogen) atoms. The zero-order valence-electron chi connectivity index (χ0n) is 7.96. The number of aromatic nitrogens is 3. The summed E-state index contributed by atoms with van der Waals surface area (Å²) in [7, 11) is 0. The van der Waals surface area contributed by atoms with Gasteiger partial charge in [0.05, 0.1) is 18.3 Å². The fourth-order valence-electron chi connectivity index (χ4n) is 1.68. The minimum atomic E-state index is -0.00562. The minimum absolute atomic E-state index is 0.00562. The van der Waals surface area contributed by atoms with Gasteiger partial charge >= 0.3 is 0 Å². The second kappa shape index (κ2) is 3.03. The number of hydrogen-bond acceptors (Lipinski definition) is 3. The first-order chi connectivity index (χ1) is 7.38. The number of aliphatic hydroxyl groups is 1. The molecule has 0 atom stereocenters. The number of nitrogens with zero attached hydrogens (tertiary/aromatic N) is 3. The topological polar surface area (TPSA) is 50.4 Å². The number of fused-ring (bicyclic) bond motifs is 3. The summed E-state index contributed by atoms with van der Waals surface area (Å²) >= 11 is 0. The molecule has 3 rings (SSSR count). The third-order valence-electron chi connectivity index (χ3n) is 2.43. The molecule has 0 aliphatic heterocycles. The van der Waals surface area contributed by atoms with Gasteiger partial charge in [-0.05, 0) is 23.8 Å². The molecular weight excluding hydrogens is 190 g/mol. The van der Waals surface area contributed by atoms with Gasteiger partial charge in [0.25, 0.3) is 0 Å². The predicted octanol–water partition coefficient (Wildman–Crippen LogP) is 1.37. The normalized spacial score (nSPS) is 11.3. The summed E-state index contributed by atoms with van der Waals surface area (Å²) < 4.78 is 1.98. The van der Waals surface area contributed by atoms with E-state index in [1.807, 2.05) is 28.8 Å². The predicted molar refractivity (Wildman–Crippen MR) is 56.4 cm³/mol. The zero-order chi connectivity index (χ0) is 10.3. The molecule has 0 aromatic carbocycles. The average molecular weight is 199 g/mol. The maximum atomic E-state index is 9.00. The van der Waals surface area contributed by atoms with Crippen LogP contribution in [-0.4, -0.2) is 19.5 Å². The van der Waals surface area contributed by atoms with E-state index in [1.54, 1.807) is 12.4 Å². The molecule has 0 amide bonds. The van der Waals surface area contributed by atoms with Crippen LogP contribution >= 0.6 is 0 Å². The number of pyridine rings is 1. The molecule has 4 nitrogen and oxygen atoms in total. The van der Waals surface area contributed by atoms with Crippen molar-refractivity contribution in [2.24, 2.45) is 0 Å².